The highest BCUT2D eigenvalue weighted by atomic mass is 35.5. The van der Waals surface area contributed by atoms with Crippen LogP contribution in [0.1, 0.15) is 5.56 Å². The molecule has 24 heavy (non-hydrogen) atoms. The minimum absolute atomic E-state index is 0.148. The number of benzene rings is 1. The van der Waals surface area contributed by atoms with Crippen molar-refractivity contribution in [1.82, 2.24) is 14.5 Å². The first-order chi connectivity index (χ1) is 11.3. The molecular weight excluding hydrogens is 373 g/mol. The van der Waals surface area contributed by atoms with Gasteiger partial charge in [-0.2, -0.15) is 12.7 Å². The quantitative estimate of drug-likeness (QED) is 0.759. The van der Waals surface area contributed by atoms with Crippen LogP contribution in [0.5, 0.6) is 0 Å². The molecule has 0 atom stereocenters. The number of nitrogens with zero attached hydrogens (tertiary/aromatic N) is 3. The van der Waals surface area contributed by atoms with Gasteiger partial charge in [0.1, 0.15) is 5.82 Å². The first kappa shape index (κ1) is 18.7. The van der Waals surface area contributed by atoms with E-state index in [9.17, 15) is 8.42 Å². The van der Waals surface area contributed by atoms with Gasteiger partial charge in [0.05, 0.1) is 0 Å². The number of hydrogen-bond acceptors (Lipinski definition) is 5. The Labute approximate surface area is 151 Å². The Kier molecular flexibility index (Phi) is 6.22. The van der Waals surface area contributed by atoms with Gasteiger partial charge in [0, 0.05) is 30.7 Å². The molecule has 130 valence electrons. The fourth-order valence-electron chi connectivity index (χ4n) is 1.75. The van der Waals surface area contributed by atoms with Gasteiger partial charge in [-0.05, 0) is 36.2 Å². The molecule has 1 aromatic carbocycles. The molecule has 0 bridgehead atoms. The van der Waals surface area contributed by atoms with E-state index in [2.05, 4.69) is 20.2 Å². The SMILES string of the molecule is CN(C)S(=O)(=O)Nc1ccc(NCCc2ccc(Cl)cc2Cl)nn1. The average Bonchev–Trinajstić information content (AvgIpc) is 2.50. The van der Waals surface area contributed by atoms with Gasteiger partial charge in [-0.25, -0.2) is 0 Å². The second-order valence-electron chi connectivity index (χ2n) is 5.11. The highest BCUT2D eigenvalue weighted by molar-refractivity contribution is 7.90. The second kappa shape index (κ2) is 7.98. The molecule has 2 aromatic rings. The molecular formula is C14H17Cl2N5O2S. The van der Waals surface area contributed by atoms with Crippen molar-refractivity contribution in [3.05, 3.63) is 45.9 Å². The molecule has 0 unspecified atom stereocenters. The molecule has 0 spiro atoms. The highest BCUT2D eigenvalue weighted by Crippen LogP contribution is 2.21. The third kappa shape index (κ3) is 5.20. The van der Waals surface area contributed by atoms with E-state index in [1.165, 1.54) is 20.2 Å². The summed E-state index contributed by atoms with van der Waals surface area (Å²) in [4.78, 5) is 0. The smallest absolute Gasteiger partial charge is 0.302 e. The number of rotatable bonds is 7. The van der Waals surface area contributed by atoms with Crippen molar-refractivity contribution < 1.29 is 8.42 Å². The van der Waals surface area contributed by atoms with Gasteiger partial charge in [0.2, 0.25) is 0 Å². The minimum Gasteiger partial charge on any atom is -0.368 e. The van der Waals surface area contributed by atoms with E-state index in [-0.39, 0.29) is 5.82 Å². The standard InChI is InChI=1S/C14H17Cl2N5O2S/c1-21(2)24(22,23)20-14-6-5-13(18-19-14)17-8-7-10-3-4-11(15)9-12(10)16/h3-6,9H,7-8H2,1-2H3,(H,17,18)(H,19,20). The lowest BCUT2D eigenvalue weighted by Gasteiger charge is -2.12. The van der Waals surface area contributed by atoms with Crippen LogP contribution in [0.3, 0.4) is 0 Å². The largest absolute Gasteiger partial charge is 0.368 e. The Bertz CT molecular complexity index is 797. The summed E-state index contributed by atoms with van der Waals surface area (Å²) < 4.78 is 26.7. The van der Waals surface area contributed by atoms with E-state index in [0.717, 1.165) is 9.87 Å². The molecule has 0 fully saturated rings. The molecule has 1 heterocycles. The van der Waals surface area contributed by atoms with Crippen LogP contribution >= 0.6 is 23.2 Å². The second-order valence-corrected chi connectivity index (χ2v) is 7.83. The molecule has 0 aliphatic rings. The van der Waals surface area contributed by atoms with Crippen LogP contribution in [-0.4, -0.2) is 43.6 Å². The summed E-state index contributed by atoms with van der Waals surface area (Å²) in [5.41, 5.74) is 0.969. The van der Waals surface area contributed by atoms with Crippen molar-refractivity contribution in [2.24, 2.45) is 0 Å². The third-order valence-corrected chi connectivity index (χ3v) is 5.11. The average molecular weight is 390 g/mol. The van der Waals surface area contributed by atoms with Gasteiger partial charge in [0.15, 0.2) is 5.82 Å². The van der Waals surface area contributed by atoms with Crippen molar-refractivity contribution in [2.45, 2.75) is 6.42 Å². The molecule has 7 nitrogen and oxygen atoms in total. The number of hydrogen-bond donors (Lipinski definition) is 2. The van der Waals surface area contributed by atoms with E-state index in [0.29, 0.717) is 28.8 Å². The maximum Gasteiger partial charge on any atom is 0.302 e. The van der Waals surface area contributed by atoms with Gasteiger partial charge in [-0.15, -0.1) is 10.2 Å². The number of aromatic nitrogens is 2. The topological polar surface area (TPSA) is 87.2 Å². The van der Waals surface area contributed by atoms with Crippen molar-refractivity contribution in [2.75, 3.05) is 30.7 Å². The Morgan fingerprint density at radius 1 is 1.08 bits per heavy atom. The van der Waals surface area contributed by atoms with Crippen LogP contribution in [0, 0.1) is 0 Å². The van der Waals surface area contributed by atoms with Gasteiger partial charge < -0.3 is 5.32 Å². The molecule has 0 radical (unpaired) electrons. The number of anilines is 2. The highest BCUT2D eigenvalue weighted by Gasteiger charge is 2.13. The summed E-state index contributed by atoms with van der Waals surface area (Å²) >= 11 is 12.0. The van der Waals surface area contributed by atoms with Crippen LogP contribution in [0.4, 0.5) is 11.6 Å². The van der Waals surface area contributed by atoms with Crippen molar-refractivity contribution in [3.8, 4) is 0 Å². The van der Waals surface area contributed by atoms with E-state index in [4.69, 9.17) is 23.2 Å². The zero-order valence-electron chi connectivity index (χ0n) is 13.1. The fourth-order valence-corrected chi connectivity index (χ4v) is 2.81. The summed E-state index contributed by atoms with van der Waals surface area (Å²) in [7, 11) is -0.742. The maximum absolute atomic E-state index is 11.7. The Morgan fingerprint density at radius 3 is 2.33 bits per heavy atom. The zero-order valence-corrected chi connectivity index (χ0v) is 15.5. The molecule has 2 N–H and O–H groups in total. The molecule has 10 heteroatoms. The normalized spacial score (nSPS) is 11.5. The Hall–Kier alpha value is -1.61. The van der Waals surface area contributed by atoms with Crippen molar-refractivity contribution >= 4 is 45.0 Å². The Balaban J connectivity index is 1.90. The zero-order chi connectivity index (χ0) is 17.7. The molecule has 0 aliphatic carbocycles. The van der Waals surface area contributed by atoms with E-state index < -0.39 is 10.2 Å². The molecule has 0 saturated carbocycles. The molecule has 0 saturated heterocycles. The maximum atomic E-state index is 11.7. The first-order valence-electron chi connectivity index (χ1n) is 7.00. The third-order valence-electron chi connectivity index (χ3n) is 3.09. The van der Waals surface area contributed by atoms with Crippen LogP contribution in [0.15, 0.2) is 30.3 Å². The molecule has 2 rings (SSSR count). The number of halogens is 2. The van der Waals surface area contributed by atoms with E-state index >= 15 is 0 Å². The Morgan fingerprint density at radius 2 is 1.75 bits per heavy atom. The fraction of sp³-hybridized carbons (Fsp3) is 0.286. The first-order valence-corrected chi connectivity index (χ1v) is 9.19. The van der Waals surface area contributed by atoms with E-state index in [1.54, 1.807) is 18.2 Å². The lowest BCUT2D eigenvalue weighted by molar-refractivity contribution is 0.526. The molecule has 0 amide bonds. The molecule has 1 aromatic heterocycles. The van der Waals surface area contributed by atoms with Crippen LogP contribution in [0.2, 0.25) is 10.0 Å². The summed E-state index contributed by atoms with van der Waals surface area (Å²) in [5, 5.41) is 12.1. The number of nitrogens with one attached hydrogen (secondary N) is 2. The van der Waals surface area contributed by atoms with Gasteiger partial charge in [-0.3, -0.25) is 4.72 Å². The summed E-state index contributed by atoms with van der Waals surface area (Å²) in [6.07, 6.45) is 0.687. The van der Waals surface area contributed by atoms with Crippen LogP contribution in [-0.2, 0) is 16.6 Å². The van der Waals surface area contributed by atoms with Gasteiger partial charge >= 0.3 is 10.2 Å². The summed E-state index contributed by atoms with van der Waals surface area (Å²) in [5.74, 6) is 0.683. The van der Waals surface area contributed by atoms with Crippen molar-refractivity contribution in [3.63, 3.8) is 0 Å². The van der Waals surface area contributed by atoms with Gasteiger partial charge in [0.25, 0.3) is 0 Å². The lowest BCUT2D eigenvalue weighted by atomic mass is 10.1. The monoisotopic (exact) mass is 389 g/mol. The van der Waals surface area contributed by atoms with Crippen molar-refractivity contribution in [1.29, 1.82) is 0 Å². The van der Waals surface area contributed by atoms with E-state index in [1.807, 2.05) is 6.07 Å². The summed E-state index contributed by atoms with van der Waals surface area (Å²) in [6.45, 7) is 0.596. The van der Waals surface area contributed by atoms with Gasteiger partial charge in [-0.1, -0.05) is 29.3 Å². The lowest BCUT2D eigenvalue weighted by Crippen LogP contribution is -2.29. The minimum atomic E-state index is -3.59. The summed E-state index contributed by atoms with van der Waals surface area (Å²) in [6, 6.07) is 8.53. The van der Waals surface area contributed by atoms with Crippen LogP contribution < -0.4 is 10.0 Å². The van der Waals surface area contributed by atoms with Crippen LogP contribution in [0.25, 0.3) is 0 Å². The predicted molar refractivity (Wildman–Crippen MR) is 96.9 cm³/mol. The predicted octanol–water partition coefficient (Wildman–Crippen LogP) is 2.66. The molecule has 0 aliphatic heterocycles.